The fourth-order valence-electron chi connectivity index (χ4n) is 13.3. The molecule has 29 heteroatoms. The van der Waals surface area contributed by atoms with E-state index in [1.54, 1.807) is 48.8 Å². The number of allylic oxidation sites excluding steroid dienone is 1. The van der Waals surface area contributed by atoms with Gasteiger partial charge in [-0.3, -0.25) is 53.5 Å². The maximum atomic E-state index is 14.7. The van der Waals surface area contributed by atoms with Crippen LogP contribution < -0.4 is 36.6 Å². The van der Waals surface area contributed by atoms with E-state index in [0.717, 1.165) is 78.6 Å². The van der Waals surface area contributed by atoms with Crippen LogP contribution in [-0.2, 0) is 38.4 Å². The van der Waals surface area contributed by atoms with Crippen LogP contribution in [0, 0.1) is 5.41 Å². The third kappa shape index (κ3) is 21.3. The second-order valence-electron chi connectivity index (χ2n) is 27.0. The Morgan fingerprint density at radius 3 is 2.21 bits per heavy atom. The van der Waals surface area contributed by atoms with Crippen LogP contribution in [0.15, 0.2) is 147 Å². The molecular weight excluding hydrogens is 1420 g/mol. The van der Waals surface area contributed by atoms with E-state index >= 15 is 0 Å². The van der Waals surface area contributed by atoms with Gasteiger partial charge in [0.1, 0.15) is 10.9 Å². The maximum absolute atomic E-state index is 14.7. The average Bonchev–Trinajstić information content (AvgIpc) is 1.77. The molecule has 0 aromatic heterocycles. The van der Waals surface area contributed by atoms with Crippen LogP contribution in [0.4, 0.5) is 30.2 Å². The van der Waals surface area contributed by atoms with E-state index < -0.39 is 72.5 Å². The molecule has 2 unspecified atom stereocenters. The number of carbonyl (C=O) groups is 6. The van der Waals surface area contributed by atoms with E-state index in [-0.39, 0.29) is 65.7 Å². The van der Waals surface area contributed by atoms with Gasteiger partial charge in [-0.2, -0.15) is 13.2 Å². The van der Waals surface area contributed by atoms with Crippen LogP contribution in [0.1, 0.15) is 109 Å². The molecular formula is C75H93ClF3N11O11S3. The molecule has 5 aromatic rings. The molecule has 560 valence electrons. The van der Waals surface area contributed by atoms with E-state index in [4.69, 9.17) is 31.5 Å². The third-order valence-corrected chi connectivity index (χ3v) is 23.6. The van der Waals surface area contributed by atoms with Crippen molar-refractivity contribution in [2.45, 2.75) is 104 Å². The van der Waals surface area contributed by atoms with E-state index in [1.165, 1.54) is 40.6 Å². The molecule has 5 aliphatic rings. The average molecular weight is 1510 g/mol. The first-order chi connectivity index (χ1) is 49.9. The van der Waals surface area contributed by atoms with Crippen molar-refractivity contribution in [3.63, 3.8) is 0 Å². The van der Waals surface area contributed by atoms with Gasteiger partial charge in [0.2, 0.25) is 17.7 Å². The summed E-state index contributed by atoms with van der Waals surface area (Å²) in [5.74, 6) is -2.35. The number of nitrogens with one attached hydrogen (secondary N) is 5. The number of sulfone groups is 1. The van der Waals surface area contributed by atoms with Crippen LogP contribution in [0.25, 0.3) is 5.57 Å². The van der Waals surface area contributed by atoms with E-state index in [9.17, 15) is 50.4 Å². The number of hydrogen-bond acceptors (Lipinski definition) is 19. The van der Waals surface area contributed by atoms with Crippen LogP contribution in [0.3, 0.4) is 0 Å². The molecule has 4 aliphatic heterocycles. The van der Waals surface area contributed by atoms with Gasteiger partial charge in [0.05, 0.1) is 62.2 Å². The predicted molar refractivity (Wildman–Crippen MR) is 402 cm³/mol. The van der Waals surface area contributed by atoms with E-state index in [0.29, 0.717) is 108 Å². The van der Waals surface area contributed by atoms with Gasteiger partial charge in [-0.1, -0.05) is 78.1 Å². The van der Waals surface area contributed by atoms with Crippen molar-refractivity contribution >= 4 is 107 Å². The topological polar surface area (TPSA) is 267 Å². The summed E-state index contributed by atoms with van der Waals surface area (Å²) in [5.41, 5.74) is 7.23. The Hall–Kier alpha value is -7.80. The second kappa shape index (κ2) is 37.0. The normalized spacial score (nSPS) is 18.4. The first-order valence-electron chi connectivity index (χ1n) is 35.2. The summed E-state index contributed by atoms with van der Waals surface area (Å²) >= 11 is 7.74. The van der Waals surface area contributed by atoms with E-state index in [2.05, 4.69) is 66.7 Å². The lowest BCUT2D eigenvalue weighted by atomic mass is 9.73. The standard InChI is InChI=1S/C75H93ClF3N11O11S3/c1-4-103(85-70(93)53-17-21-58(22-18-53)88-37-35-87(36-38-88)49-54-47-74(2,3)29-27-61(54)52-15-19-55(76)20-16-52)60-23-24-63(66(46-60)104(97,98)75(77,78)79)83-57(51-102-59-10-6-5-7-11-59)28-32-86-33-39-89(40-34-86)68(92)14-9-30-81-48-56(80)50-101-45-44-100-43-42-99-41-31-82-64-13-8-12-62-69(64)73(96)90(72(62)95)65-25-26-67(91)84-71(65)94/h4-8,10-13,15-24,46,48,57,65,81-83H,9,14,25-45,47,49-51,80H2,1-3H3,(H,85,93)(H,84,91,94)/b56-48-/t57-,65?,103?/m1/s1. The molecule has 0 spiro atoms. The third-order valence-electron chi connectivity index (χ3n) is 19.0. The molecule has 3 fully saturated rings. The summed E-state index contributed by atoms with van der Waals surface area (Å²) in [6.45, 7) is 15.7. The van der Waals surface area contributed by atoms with Crippen molar-refractivity contribution < 1.29 is 64.6 Å². The number of piperidine rings is 1. The highest BCUT2D eigenvalue weighted by molar-refractivity contribution is 8.13. The lowest BCUT2D eigenvalue weighted by Crippen LogP contribution is -2.54. The number of fused-ring (bicyclic) bond motifs is 1. The molecule has 6 amide bonds. The minimum Gasteiger partial charge on any atom is -0.399 e. The number of amides is 6. The monoisotopic (exact) mass is 1510 g/mol. The van der Waals surface area contributed by atoms with Crippen molar-refractivity contribution in [1.29, 1.82) is 0 Å². The number of carbonyl (C=O) groups excluding carboxylic acids is 6. The Morgan fingerprint density at radius 1 is 0.808 bits per heavy atom. The summed E-state index contributed by atoms with van der Waals surface area (Å²) in [4.78, 5) is 87.6. The zero-order chi connectivity index (χ0) is 74.0. The maximum Gasteiger partial charge on any atom is 0.501 e. The Balaban J connectivity index is 0.629. The van der Waals surface area contributed by atoms with Crippen molar-refractivity contribution in [1.82, 2.24) is 35.0 Å². The van der Waals surface area contributed by atoms with Gasteiger partial charge >= 0.3 is 5.51 Å². The van der Waals surface area contributed by atoms with Gasteiger partial charge in [-0.05, 0) is 146 Å². The number of thioether (sulfide) groups is 1. The molecule has 0 radical (unpaired) electrons. The molecule has 0 bridgehead atoms. The minimum atomic E-state index is -5.89. The second-order valence-corrected chi connectivity index (χ2v) is 32.2. The number of anilines is 3. The smallest absolute Gasteiger partial charge is 0.399 e. The summed E-state index contributed by atoms with van der Waals surface area (Å²) in [5, 5.41) is 14.0. The Morgan fingerprint density at radius 2 is 1.51 bits per heavy atom. The number of ether oxygens (including phenoxy) is 3. The SMILES string of the molecule is C/C=S(/NC(=O)c1ccc(N2CCN(CC3=C(c4ccc(Cl)cc4)CCC(C)(C)C3)CC2)cc1)c1ccc(N[C@H](CCN2CCN(C(=O)CCCN/C=C(\N)COCCOCCOCCNc3cccc4c3C(=O)N(C3CCC(=O)NC3=O)C4=O)CC2)CSc2ccccc2)c(S(=O)(=O)C(F)(F)F)c1. The fourth-order valence-corrected chi connectivity index (χ4v) is 16.8. The molecule has 1 aliphatic carbocycles. The molecule has 5 aromatic carbocycles. The zero-order valence-corrected chi connectivity index (χ0v) is 62.1. The van der Waals surface area contributed by atoms with Crippen LogP contribution in [0.2, 0.25) is 5.02 Å². The van der Waals surface area contributed by atoms with Gasteiger partial charge in [0, 0.05) is 141 Å². The molecule has 0 saturated carbocycles. The molecule has 3 saturated heterocycles. The summed E-state index contributed by atoms with van der Waals surface area (Å²) in [6.07, 6.45) is 6.26. The highest BCUT2D eigenvalue weighted by Crippen LogP contribution is 2.44. The first-order valence-corrected chi connectivity index (χ1v) is 39.4. The molecule has 10 rings (SSSR count). The quantitative estimate of drug-likeness (QED) is 0.00968. The number of piperazine rings is 2. The number of nitrogens with two attached hydrogens (primary N) is 1. The van der Waals surface area contributed by atoms with Gasteiger partial charge in [-0.15, -0.1) is 11.8 Å². The summed E-state index contributed by atoms with van der Waals surface area (Å²) in [6, 6.07) is 32.2. The minimum absolute atomic E-state index is 0.0121. The van der Waals surface area contributed by atoms with Crippen molar-refractivity contribution in [3.05, 3.63) is 160 Å². The zero-order valence-electron chi connectivity index (χ0n) is 58.9. The molecule has 22 nitrogen and oxygen atoms in total. The Labute approximate surface area is 618 Å². The fraction of sp³-hybridized carbons (Fsp3) is 0.453. The lowest BCUT2D eigenvalue weighted by Gasteiger charge is -2.39. The number of rotatable bonds is 34. The Bertz CT molecular complexity index is 4060. The molecule has 3 atom stereocenters. The van der Waals surface area contributed by atoms with Crippen molar-refractivity contribution in [2.75, 3.05) is 139 Å². The number of benzene rings is 5. The predicted octanol–water partition coefficient (Wildman–Crippen LogP) is 10.1. The summed E-state index contributed by atoms with van der Waals surface area (Å²) < 4.78 is 90.9. The molecule has 104 heavy (non-hydrogen) atoms. The largest absolute Gasteiger partial charge is 0.501 e. The number of alkyl halides is 3. The number of nitrogens with zero attached hydrogens (tertiary/aromatic N) is 5. The Kier molecular flexibility index (Phi) is 28.0. The van der Waals surface area contributed by atoms with Crippen LogP contribution >= 0.6 is 34.0 Å². The van der Waals surface area contributed by atoms with Crippen LogP contribution in [-0.4, -0.2) is 210 Å². The van der Waals surface area contributed by atoms with Crippen molar-refractivity contribution in [3.8, 4) is 0 Å². The summed E-state index contributed by atoms with van der Waals surface area (Å²) in [7, 11) is -7.19. The van der Waals surface area contributed by atoms with Gasteiger partial charge in [0.25, 0.3) is 27.6 Å². The van der Waals surface area contributed by atoms with Crippen LogP contribution in [0.5, 0.6) is 0 Å². The van der Waals surface area contributed by atoms with E-state index in [1.807, 2.05) is 59.5 Å². The lowest BCUT2D eigenvalue weighted by molar-refractivity contribution is -0.136. The molecule has 4 heterocycles. The first kappa shape index (κ1) is 78.8. The molecule has 7 N–H and O–H groups in total. The number of halogens is 4. The number of hydrogen-bond donors (Lipinski definition) is 6. The van der Waals surface area contributed by atoms with Crippen molar-refractivity contribution in [2.24, 2.45) is 11.1 Å². The van der Waals surface area contributed by atoms with Gasteiger partial charge in [0.15, 0.2) is 0 Å². The highest BCUT2D eigenvalue weighted by atomic mass is 35.5. The van der Waals surface area contributed by atoms with Gasteiger partial charge < -0.3 is 45.7 Å². The number of imide groups is 2. The highest BCUT2D eigenvalue weighted by Gasteiger charge is 2.49. The van der Waals surface area contributed by atoms with Gasteiger partial charge in [-0.25, -0.2) is 8.42 Å².